The molecular formula is C16H22N2O4. The summed E-state index contributed by atoms with van der Waals surface area (Å²) in [6, 6.07) is 5.57. The van der Waals surface area contributed by atoms with E-state index in [1.54, 1.807) is 14.2 Å². The third kappa shape index (κ3) is 3.50. The van der Waals surface area contributed by atoms with Crippen molar-refractivity contribution < 1.29 is 19.1 Å². The van der Waals surface area contributed by atoms with Crippen molar-refractivity contribution in [3.63, 3.8) is 0 Å². The number of nitrogens with one attached hydrogen (secondary N) is 1. The molecule has 0 saturated heterocycles. The van der Waals surface area contributed by atoms with E-state index in [4.69, 9.17) is 14.3 Å². The SMILES string of the molecule is CC[C@@H](C)NC(=O)[C@H]1CC(c2cc(OC)ccc2OC)=NO1. The van der Waals surface area contributed by atoms with E-state index in [-0.39, 0.29) is 11.9 Å². The second-order valence-corrected chi connectivity index (χ2v) is 5.22. The van der Waals surface area contributed by atoms with Gasteiger partial charge in [-0.25, -0.2) is 0 Å². The maximum atomic E-state index is 12.1. The lowest BCUT2D eigenvalue weighted by Crippen LogP contribution is -2.39. The first-order valence-electron chi connectivity index (χ1n) is 7.34. The topological polar surface area (TPSA) is 69.2 Å². The lowest BCUT2D eigenvalue weighted by Gasteiger charge is -2.14. The predicted molar refractivity (Wildman–Crippen MR) is 83.5 cm³/mol. The molecule has 0 bridgehead atoms. The van der Waals surface area contributed by atoms with Crippen LogP contribution < -0.4 is 14.8 Å². The molecule has 0 fully saturated rings. The molecule has 0 unspecified atom stereocenters. The number of rotatable bonds is 6. The van der Waals surface area contributed by atoms with Crippen LogP contribution in [-0.2, 0) is 9.63 Å². The summed E-state index contributed by atoms with van der Waals surface area (Å²) in [6.07, 6.45) is 0.682. The molecule has 6 heteroatoms. The first kappa shape index (κ1) is 16.1. The quantitative estimate of drug-likeness (QED) is 0.874. The van der Waals surface area contributed by atoms with Gasteiger partial charge < -0.3 is 19.6 Å². The molecule has 22 heavy (non-hydrogen) atoms. The van der Waals surface area contributed by atoms with Crippen LogP contribution in [0.25, 0.3) is 0 Å². The highest BCUT2D eigenvalue weighted by Crippen LogP contribution is 2.28. The van der Waals surface area contributed by atoms with E-state index in [1.165, 1.54) is 0 Å². The summed E-state index contributed by atoms with van der Waals surface area (Å²) < 4.78 is 10.6. The summed E-state index contributed by atoms with van der Waals surface area (Å²) in [4.78, 5) is 17.4. The Hall–Kier alpha value is -2.24. The molecule has 0 aliphatic carbocycles. The van der Waals surface area contributed by atoms with Gasteiger partial charge in [-0.15, -0.1) is 0 Å². The number of hydrogen-bond donors (Lipinski definition) is 1. The fraction of sp³-hybridized carbons (Fsp3) is 0.500. The van der Waals surface area contributed by atoms with Gasteiger partial charge in [0.15, 0.2) is 0 Å². The third-order valence-corrected chi connectivity index (χ3v) is 3.68. The number of ether oxygens (including phenoxy) is 2. The van der Waals surface area contributed by atoms with Crippen molar-refractivity contribution in [3.05, 3.63) is 23.8 Å². The predicted octanol–water partition coefficient (Wildman–Crippen LogP) is 2.11. The van der Waals surface area contributed by atoms with Gasteiger partial charge in [-0.2, -0.15) is 0 Å². The molecule has 6 nitrogen and oxygen atoms in total. The zero-order valence-corrected chi connectivity index (χ0v) is 13.4. The summed E-state index contributed by atoms with van der Waals surface area (Å²) in [5.74, 6) is 1.23. The van der Waals surface area contributed by atoms with Gasteiger partial charge in [0.1, 0.15) is 11.5 Å². The van der Waals surface area contributed by atoms with Gasteiger partial charge in [0, 0.05) is 18.0 Å². The van der Waals surface area contributed by atoms with Crippen LogP contribution in [-0.4, -0.2) is 38.0 Å². The van der Waals surface area contributed by atoms with Gasteiger partial charge in [0.05, 0.1) is 19.9 Å². The van der Waals surface area contributed by atoms with E-state index in [9.17, 15) is 4.79 Å². The van der Waals surface area contributed by atoms with Crippen LogP contribution in [0.15, 0.2) is 23.4 Å². The number of benzene rings is 1. The first-order valence-corrected chi connectivity index (χ1v) is 7.34. The summed E-state index contributed by atoms with van der Waals surface area (Å²) in [5, 5.41) is 6.95. The molecule has 1 aromatic carbocycles. The Balaban J connectivity index is 2.11. The Morgan fingerprint density at radius 1 is 1.45 bits per heavy atom. The number of hydrogen-bond acceptors (Lipinski definition) is 5. The van der Waals surface area contributed by atoms with Crippen LogP contribution in [0.4, 0.5) is 0 Å². The van der Waals surface area contributed by atoms with Crippen molar-refractivity contribution in [3.8, 4) is 11.5 Å². The van der Waals surface area contributed by atoms with Crippen LogP contribution in [0.2, 0.25) is 0 Å². The van der Waals surface area contributed by atoms with Crippen molar-refractivity contribution in [1.29, 1.82) is 0 Å². The Morgan fingerprint density at radius 3 is 2.86 bits per heavy atom. The molecule has 2 rings (SSSR count). The van der Waals surface area contributed by atoms with E-state index in [2.05, 4.69) is 10.5 Å². The Labute approximate surface area is 130 Å². The van der Waals surface area contributed by atoms with Crippen LogP contribution >= 0.6 is 0 Å². The average Bonchev–Trinajstić information content (AvgIpc) is 3.03. The Kier molecular flexibility index (Phi) is 5.25. The fourth-order valence-corrected chi connectivity index (χ4v) is 2.15. The third-order valence-electron chi connectivity index (χ3n) is 3.68. The monoisotopic (exact) mass is 306 g/mol. The van der Waals surface area contributed by atoms with Crippen molar-refractivity contribution in [2.24, 2.45) is 5.16 Å². The van der Waals surface area contributed by atoms with E-state index in [0.717, 1.165) is 12.0 Å². The molecule has 2 atom stereocenters. The second kappa shape index (κ2) is 7.15. The minimum atomic E-state index is -0.597. The van der Waals surface area contributed by atoms with Gasteiger partial charge in [0.2, 0.25) is 6.10 Å². The van der Waals surface area contributed by atoms with Crippen molar-refractivity contribution in [1.82, 2.24) is 5.32 Å². The molecule has 0 spiro atoms. The molecule has 0 radical (unpaired) electrons. The standard InChI is InChI=1S/C16H22N2O4/c1-5-10(2)17-16(19)15-9-13(18-22-15)12-8-11(20-3)6-7-14(12)21-4/h6-8,10,15H,5,9H2,1-4H3,(H,17,19)/t10-,15-/m1/s1. The highest BCUT2D eigenvalue weighted by molar-refractivity contribution is 6.06. The molecular weight excluding hydrogens is 284 g/mol. The summed E-state index contributed by atoms with van der Waals surface area (Å²) >= 11 is 0. The summed E-state index contributed by atoms with van der Waals surface area (Å²) in [5.41, 5.74) is 1.46. The van der Waals surface area contributed by atoms with Crippen molar-refractivity contribution >= 4 is 11.6 Å². The molecule has 0 aromatic heterocycles. The average molecular weight is 306 g/mol. The molecule has 1 aliphatic rings. The number of amides is 1. The number of carbonyl (C=O) groups excluding carboxylic acids is 1. The van der Waals surface area contributed by atoms with Crippen molar-refractivity contribution in [2.45, 2.75) is 38.8 Å². The van der Waals surface area contributed by atoms with Gasteiger partial charge >= 0.3 is 0 Å². The summed E-state index contributed by atoms with van der Waals surface area (Å²) in [6.45, 7) is 3.98. The van der Waals surface area contributed by atoms with E-state index in [0.29, 0.717) is 23.6 Å². The van der Waals surface area contributed by atoms with E-state index in [1.807, 2.05) is 32.0 Å². The highest BCUT2D eigenvalue weighted by atomic mass is 16.6. The Bertz CT molecular complexity index is 571. The lowest BCUT2D eigenvalue weighted by molar-refractivity contribution is -0.131. The van der Waals surface area contributed by atoms with Gasteiger partial charge in [0.25, 0.3) is 5.91 Å². The number of nitrogens with zero attached hydrogens (tertiary/aromatic N) is 1. The van der Waals surface area contributed by atoms with Crippen LogP contribution in [0.5, 0.6) is 11.5 Å². The summed E-state index contributed by atoms with van der Waals surface area (Å²) in [7, 11) is 3.19. The Morgan fingerprint density at radius 2 is 2.23 bits per heavy atom. The van der Waals surface area contributed by atoms with E-state index >= 15 is 0 Å². The number of carbonyl (C=O) groups is 1. The smallest absolute Gasteiger partial charge is 0.264 e. The van der Waals surface area contributed by atoms with Gasteiger partial charge in [-0.05, 0) is 31.5 Å². The highest BCUT2D eigenvalue weighted by Gasteiger charge is 2.30. The van der Waals surface area contributed by atoms with Gasteiger partial charge in [-0.3, -0.25) is 4.79 Å². The zero-order chi connectivity index (χ0) is 16.1. The number of oxime groups is 1. The molecule has 0 saturated carbocycles. The molecule has 1 amide bonds. The van der Waals surface area contributed by atoms with Crippen LogP contribution in [0.3, 0.4) is 0 Å². The van der Waals surface area contributed by atoms with Crippen LogP contribution in [0.1, 0.15) is 32.3 Å². The zero-order valence-electron chi connectivity index (χ0n) is 13.4. The molecule has 1 aliphatic heterocycles. The second-order valence-electron chi connectivity index (χ2n) is 5.22. The maximum Gasteiger partial charge on any atom is 0.264 e. The first-order chi connectivity index (χ1) is 10.6. The molecule has 1 heterocycles. The van der Waals surface area contributed by atoms with Crippen molar-refractivity contribution in [2.75, 3.05) is 14.2 Å². The maximum absolute atomic E-state index is 12.1. The minimum absolute atomic E-state index is 0.117. The van der Waals surface area contributed by atoms with E-state index < -0.39 is 6.10 Å². The largest absolute Gasteiger partial charge is 0.497 e. The fourth-order valence-electron chi connectivity index (χ4n) is 2.15. The molecule has 1 aromatic rings. The molecule has 120 valence electrons. The lowest BCUT2D eigenvalue weighted by atomic mass is 10.0. The van der Waals surface area contributed by atoms with Gasteiger partial charge in [-0.1, -0.05) is 12.1 Å². The number of methoxy groups -OCH3 is 2. The van der Waals surface area contributed by atoms with Crippen LogP contribution in [0, 0.1) is 0 Å². The normalized spacial score (nSPS) is 18.2. The minimum Gasteiger partial charge on any atom is -0.497 e. The molecule has 1 N–H and O–H groups in total.